The summed E-state index contributed by atoms with van der Waals surface area (Å²) in [6, 6.07) is 5.35. The van der Waals surface area contributed by atoms with Crippen LogP contribution in [0.3, 0.4) is 0 Å². The minimum atomic E-state index is -1.41. The van der Waals surface area contributed by atoms with Gasteiger partial charge in [-0.3, -0.25) is 4.79 Å². The third kappa shape index (κ3) is 6.73. The molecule has 1 aliphatic heterocycles. The first-order valence-electron chi connectivity index (χ1n) is 9.96. The van der Waals surface area contributed by atoms with Crippen molar-refractivity contribution in [2.45, 2.75) is 50.7 Å². The maximum atomic E-state index is 13.3. The molecule has 0 amide bonds. The zero-order valence-corrected chi connectivity index (χ0v) is 18.8. The van der Waals surface area contributed by atoms with Crippen LogP contribution >= 0.6 is 0 Å². The zero-order chi connectivity index (χ0) is 22.3. The number of nitrogens with two attached hydrogens (primary N) is 1. The fourth-order valence-electron chi connectivity index (χ4n) is 3.21. The number of hydrogen-bond acceptors (Lipinski definition) is 8. The maximum absolute atomic E-state index is 13.3. The summed E-state index contributed by atoms with van der Waals surface area (Å²) in [7, 11) is 1.73. The molecule has 1 fully saturated rings. The third-order valence-electron chi connectivity index (χ3n) is 4.63. The van der Waals surface area contributed by atoms with Crippen molar-refractivity contribution in [3.05, 3.63) is 35.5 Å². The van der Waals surface area contributed by atoms with E-state index in [1.54, 1.807) is 50.2 Å². The number of piperidine rings is 1. The van der Waals surface area contributed by atoms with Crippen LogP contribution in [-0.4, -0.2) is 65.2 Å². The van der Waals surface area contributed by atoms with E-state index >= 15 is 0 Å². The largest absolute Gasteiger partial charge is 0.593 e. The number of carbonyl (C=O) groups is 2. The second-order valence-corrected chi connectivity index (χ2v) is 9.07. The Bertz CT molecular complexity index is 763. The van der Waals surface area contributed by atoms with Crippen LogP contribution in [0.25, 0.3) is 5.57 Å². The van der Waals surface area contributed by atoms with Gasteiger partial charge in [-0.05, 0) is 45.3 Å². The van der Waals surface area contributed by atoms with Gasteiger partial charge in [0.25, 0.3) is 0 Å². The van der Waals surface area contributed by atoms with E-state index in [1.807, 2.05) is 11.2 Å². The molecule has 9 heteroatoms. The lowest BCUT2D eigenvalue weighted by molar-refractivity contribution is 0.0141. The van der Waals surface area contributed by atoms with Gasteiger partial charge in [-0.1, -0.05) is 12.1 Å². The molecule has 0 aromatic heterocycles. The minimum absolute atomic E-state index is 0.0193. The molecule has 0 radical (unpaired) electrons. The van der Waals surface area contributed by atoms with Crippen LogP contribution in [0.5, 0.6) is 0 Å². The average Bonchev–Trinajstić information content (AvgIpc) is 2.71. The van der Waals surface area contributed by atoms with Crippen molar-refractivity contribution < 1.29 is 23.6 Å². The average molecular weight is 438 g/mol. The van der Waals surface area contributed by atoms with Crippen molar-refractivity contribution in [2.75, 3.05) is 26.9 Å². The van der Waals surface area contributed by atoms with Gasteiger partial charge in [0.1, 0.15) is 0 Å². The van der Waals surface area contributed by atoms with E-state index in [0.717, 1.165) is 24.7 Å². The van der Waals surface area contributed by atoms with Crippen molar-refractivity contribution in [3.8, 4) is 0 Å². The van der Waals surface area contributed by atoms with E-state index < -0.39 is 17.5 Å². The van der Waals surface area contributed by atoms with Crippen LogP contribution in [0.4, 0.5) is 4.79 Å². The van der Waals surface area contributed by atoms with E-state index in [-0.39, 0.29) is 18.9 Å². The summed E-state index contributed by atoms with van der Waals surface area (Å²) in [5, 5.41) is 0. The highest BCUT2D eigenvalue weighted by Crippen LogP contribution is 2.30. The molecule has 0 bridgehead atoms. The van der Waals surface area contributed by atoms with Crippen LogP contribution in [0.1, 0.15) is 49.5 Å². The molecule has 166 valence electrons. The molecule has 0 spiro atoms. The highest BCUT2D eigenvalue weighted by atomic mass is 32.2. The summed E-state index contributed by atoms with van der Waals surface area (Å²) in [5.74, 6) is 0. The van der Waals surface area contributed by atoms with Gasteiger partial charge in [0, 0.05) is 43.5 Å². The van der Waals surface area contributed by atoms with Crippen molar-refractivity contribution >= 4 is 29.4 Å². The molecule has 8 nitrogen and oxygen atoms in total. The Morgan fingerprint density at radius 3 is 2.67 bits per heavy atom. The molecule has 1 aromatic rings. The van der Waals surface area contributed by atoms with Crippen LogP contribution in [0, 0.1) is 0 Å². The van der Waals surface area contributed by atoms with Crippen LogP contribution in [0.15, 0.2) is 29.3 Å². The SMILES string of the molecule is C/C(=C/N(C)COC(=O)OC(C)C)c1c(C=O)cccc1[S+]([O-])N1CCC(N)CC1. The summed E-state index contributed by atoms with van der Waals surface area (Å²) >= 11 is -1.41. The quantitative estimate of drug-likeness (QED) is 0.286. The van der Waals surface area contributed by atoms with Crippen LogP contribution in [0.2, 0.25) is 0 Å². The lowest BCUT2D eigenvalue weighted by atomic mass is 10.0. The van der Waals surface area contributed by atoms with E-state index in [2.05, 4.69) is 0 Å². The summed E-state index contributed by atoms with van der Waals surface area (Å²) in [4.78, 5) is 25.5. The molecular formula is C21H31N3O5S. The second-order valence-electron chi connectivity index (χ2n) is 7.61. The molecule has 1 heterocycles. The topological polar surface area (TPSA) is 108 Å². The fraction of sp³-hybridized carbons (Fsp3) is 0.524. The predicted octanol–water partition coefficient (Wildman–Crippen LogP) is 2.76. The zero-order valence-electron chi connectivity index (χ0n) is 18.0. The molecule has 1 aliphatic rings. The number of carbonyl (C=O) groups excluding carboxylic acids is 2. The molecule has 1 aromatic carbocycles. The Morgan fingerprint density at radius 2 is 2.07 bits per heavy atom. The molecule has 30 heavy (non-hydrogen) atoms. The maximum Gasteiger partial charge on any atom is 0.510 e. The first kappa shape index (κ1) is 24.2. The van der Waals surface area contributed by atoms with Gasteiger partial charge in [-0.2, -0.15) is 0 Å². The van der Waals surface area contributed by atoms with Gasteiger partial charge >= 0.3 is 6.16 Å². The Morgan fingerprint density at radius 1 is 1.40 bits per heavy atom. The normalized spacial score (nSPS) is 17.0. The molecule has 0 aliphatic carbocycles. The van der Waals surface area contributed by atoms with Gasteiger partial charge in [-0.15, -0.1) is 4.31 Å². The summed E-state index contributed by atoms with van der Waals surface area (Å²) in [6.45, 7) is 6.58. The van der Waals surface area contributed by atoms with Gasteiger partial charge in [-0.25, -0.2) is 4.79 Å². The first-order chi connectivity index (χ1) is 14.2. The van der Waals surface area contributed by atoms with Gasteiger partial charge in [0.05, 0.1) is 17.5 Å². The molecule has 1 saturated heterocycles. The van der Waals surface area contributed by atoms with E-state index in [1.165, 1.54) is 0 Å². The van der Waals surface area contributed by atoms with Gasteiger partial charge in [0.2, 0.25) is 0 Å². The summed E-state index contributed by atoms with van der Waals surface area (Å²) < 4.78 is 25.1. The number of allylic oxidation sites excluding steroid dienone is 1. The third-order valence-corrected chi connectivity index (χ3v) is 6.18. The number of hydrogen-bond donors (Lipinski definition) is 1. The number of ether oxygens (including phenoxy) is 2. The molecular weight excluding hydrogens is 406 g/mol. The smallest absolute Gasteiger partial charge is 0.510 e. The Hall–Kier alpha value is -2.07. The van der Waals surface area contributed by atoms with Gasteiger partial charge < -0.3 is 24.7 Å². The highest BCUT2D eigenvalue weighted by Gasteiger charge is 2.30. The molecule has 1 unspecified atom stereocenters. The monoisotopic (exact) mass is 437 g/mol. The first-order valence-corrected chi connectivity index (χ1v) is 11.1. The predicted molar refractivity (Wildman–Crippen MR) is 116 cm³/mol. The molecule has 0 saturated carbocycles. The van der Waals surface area contributed by atoms with Gasteiger partial charge in [0.15, 0.2) is 17.9 Å². The van der Waals surface area contributed by atoms with Crippen molar-refractivity contribution in [1.29, 1.82) is 0 Å². The minimum Gasteiger partial charge on any atom is -0.593 e. The number of nitrogens with zero attached hydrogens (tertiary/aromatic N) is 2. The Balaban J connectivity index is 2.20. The molecule has 2 rings (SSSR count). The molecule has 2 N–H and O–H groups in total. The number of benzene rings is 1. The van der Waals surface area contributed by atoms with E-state index in [9.17, 15) is 14.1 Å². The lowest BCUT2D eigenvalue weighted by Crippen LogP contribution is -2.43. The number of rotatable bonds is 8. The summed E-state index contributed by atoms with van der Waals surface area (Å²) in [5.41, 5.74) is 7.77. The highest BCUT2D eigenvalue weighted by molar-refractivity contribution is 7.89. The van der Waals surface area contributed by atoms with Crippen LogP contribution in [-0.2, 0) is 20.8 Å². The second kappa shape index (κ2) is 11.4. The van der Waals surface area contributed by atoms with E-state index in [4.69, 9.17) is 15.2 Å². The lowest BCUT2D eigenvalue weighted by Gasteiger charge is -2.31. The van der Waals surface area contributed by atoms with Crippen molar-refractivity contribution in [2.24, 2.45) is 5.73 Å². The Kier molecular flexibility index (Phi) is 9.16. The molecule has 1 atom stereocenters. The van der Waals surface area contributed by atoms with E-state index in [0.29, 0.717) is 29.1 Å². The standard InChI is InChI=1S/C21H31N3O5S/c1-15(2)29-21(26)28-14-23(4)12-16(3)20-17(13-25)6-5-7-19(20)30(27)24-10-8-18(22)9-11-24/h5-7,12-13,15,18H,8-11,14,22H2,1-4H3/b16-12-. The fourth-order valence-corrected chi connectivity index (χ4v) is 4.68. The van der Waals surface area contributed by atoms with Crippen molar-refractivity contribution in [1.82, 2.24) is 9.21 Å². The number of aldehydes is 1. The van der Waals surface area contributed by atoms with Crippen molar-refractivity contribution in [3.63, 3.8) is 0 Å². The van der Waals surface area contributed by atoms with Crippen LogP contribution < -0.4 is 5.73 Å². The summed E-state index contributed by atoms with van der Waals surface area (Å²) in [6.07, 6.45) is 3.07. The Labute approximate surface area is 181 Å².